The summed E-state index contributed by atoms with van der Waals surface area (Å²) in [5, 5.41) is 3.45. The van der Waals surface area contributed by atoms with Crippen LogP contribution < -0.4 is 11.1 Å². The fourth-order valence-corrected chi connectivity index (χ4v) is 2.45. The summed E-state index contributed by atoms with van der Waals surface area (Å²) < 4.78 is 5.05. The third-order valence-corrected chi connectivity index (χ3v) is 3.73. The summed E-state index contributed by atoms with van der Waals surface area (Å²) in [5.74, 6) is -0.279. The van der Waals surface area contributed by atoms with Crippen molar-refractivity contribution in [2.24, 2.45) is 5.73 Å². The lowest BCUT2D eigenvalue weighted by molar-refractivity contribution is -0.124. The minimum Gasteiger partial charge on any atom is -0.385 e. The summed E-state index contributed by atoms with van der Waals surface area (Å²) in [5.41, 5.74) is 4.88. The van der Waals surface area contributed by atoms with Crippen LogP contribution in [0.2, 0.25) is 0 Å². The number of nitrogens with one attached hydrogen (secondary N) is 1. The van der Waals surface area contributed by atoms with Gasteiger partial charge in [0.25, 0.3) is 0 Å². The van der Waals surface area contributed by atoms with Gasteiger partial charge in [0, 0.05) is 19.8 Å². The molecule has 4 heteroatoms. The molecule has 1 rings (SSSR count). The largest absolute Gasteiger partial charge is 0.385 e. The number of primary amides is 1. The molecule has 0 heterocycles. The van der Waals surface area contributed by atoms with Gasteiger partial charge in [0.15, 0.2) is 0 Å². The van der Waals surface area contributed by atoms with Crippen LogP contribution in [0.4, 0.5) is 0 Å². The van der Waals surface area contributed by atoms with Gasteiger partial charge in [-0.25, -0.2) is 0 Å². The van der Waals surface area contributed by atoms with Crippen LogP contribution in [0.25, 0.3) is 0 Å². The smallest absolute Gasteiger partial charge is 0.237 e. The highest BCUT2D eigenvalue weighted by Crippen LogP contribution is 2.20. The van der Waals surface area contributed by atoms with Crippen molar-refractivity contribution >= 4 is 5.91 Å². The predicted molar refractivity (Wildman–Crippen MR) is 68.7 cm³/mol. The van der Waals surface area contributed by atoms with Gasteiger partial charge >= 0.3 is 0 Å². The summed E-state index contributed by atoms with van der Waals surface area (Å²) in [6.45, 7) is 2.44. The highest BCUT2D eigenvalue weighted by molar-refractivity contribution is 5.84. The van der Waals surface area contributed by atoms with Gasteiger partial charge in [0.1, 0.15) is 0 Å². The van der Waals surface area contributed by atoms with Crippen molar-refractivity contribution in [2.45, 2.75) is 63.5 Å². The molecule has 1 aliphatic carbocycles. The normalized spacial score (nSPS) is 21.8. The van der Waals surface area contributed by atoms with E-state index in [4.69, 9.17) is 10.5 Å². The zero-order valence-corrected chi connectivity index (χ0v) is 11.1. The van der Waals surface area contributed by atoms with Crippen molar-refractivity contribution in [1.29, 1.82) is 0 Å². The number of nitrogens with two attached hydrogens (primary N) is 1. The molecule has 0 aromatic heterocycles. The van der Waals surface area contributed by atoms with Gasteiger partial charge in [0.2, 0.25) is 5.91 Å². The Kier molecular flexibility index (Phi) is 5.92. The van der Waals surface area contributed by atoms with E-state index in [2.05, 4.69) is 5.32 Å². The van der Waals surface area contributed by atoms with E-state index in [0.29, 0.717) is 19.1 Å². The summed E-state index contributed by atoms with van der Waals surface area (Å²) >= 11 is 0. The van der Waals surface area contributed by atoms with Crippen LogP contribution in [-0.4, -0.2) is 31.2 Å². The Morgan fingerprint density at radius 3 is 2.41 bits per heavy atom. The Morgan fingerprint density at radius 1 is 1.35 bits per heavy atom. The zero-order valence-electron chi connectivity index (χ0n) is 11.1. The number of carbonyl (C=O) groups excluding carboxylic acids is 1. The van der Waals surface area contributed by atoms with Gasteiger partial charge in [-0.05, 0) is 26.2 Å². The van der Waals surface area contributed by atoms with Crippen LogP contribution in [0.3, 0.4) is 0 Å². The molecule has 0 bridgehead atoms. The molecule has 0 spiro atoms. The van der Waals surface area contributed by atoms with E-state index in [1.165, 1.54) is 25.7 Å². The number of methoxy groups -OCH3 is 1. The van der Waals surface area contributed by atoms with Crippen molar-refractivity contribution in [3.05, 3.63) is 0 Å². The van der Waals surface area contributed by atoms with Crippen molar-refractivity contribution in [3.63, 3.8) is 0 Å². The first kappa shape index (κ1) is 14.5. The first-order valence-corrected chi connectivity index (χ1v) is 6.65. The van der Waals surface area contributed by atoms with Gasteiger partial charge in [-0.2, -0.15) is 0 Å². The lowest BCUT2D eigenvalue weighted by atomic mass is 9.94. The summed E-state index contributed by atoms with van der Waals surface area (Å²) in [7, 11) is 1.65. The molecule has 1 unspecified atom stereocenters. The van der Waals surface area contributed by atoms with Crippen LogP contribution in [0.15, 0.2) is 0 Å². The number of carbonyl (C=O) groups is 1. The average Bonchev–Trinajstić information content (AvgIpc) is 2.54. The molecule has 17 heavy (non-hydrogen) atoms. The van der Waals surface area contributed by atoms with E-state index in [1.54, 1.807) is 7.11 Å². The molecule has 4 nitrogen and oxygen atoms in total. The number of ether oxygens (including phenoxy) is 1. The standard InChI is InChI=1S/C13H26N2O2/c1-13(12(14)16,9-10-17-2)15-11-7-5-3-4-6-8-11/h11,15H,3-10H2,1-2H3,(H2,14,16). The van der Waals surface area contributed by atoms with Gasteiger partial charge in [-0.3, -0.25) is 4.79 Å². The fourth-order valence-electron chi connectivity index (χ4n) is 2.45. The minimum atomic E-state index is -0.634. The molecule has 0 aromatic carbocycles. The first-order valence-electron chi connectivity index (χ1n) is 6.65. The molecule has 100 valence electrons. The van der Waals surface area contributed by atoms with Crippen LogP contribution in [0.1, 0.15) is 51.9 Å². The molecule has 1 saturated carbocycles. The van der Waals surface area contributed by atoms with Gasteiger partial charge in [0.05, 0.1) is 5.54 Å². The van der Waals surface area contributed by atoms with Crippen molar-refractivity contribution in [1.82, 2.24) is 5.32 Å². The van der Waals surface area contributed by atoms with Crippen molar-refractivity contribution in [3.8, 4) is 0 Å². The topological polar surface area (TPSA) is 64.3 Å². The summed E-state index contributed by atoms with van der Waals surface area (Å²) in [6.07, 6.45) is 8.04. The second-order valence-electron chi connectivity index (χ2n) is 5.27. The van der Waals surface area contributed by atoms with Crippen molar-refractivity contribution < 1.29 is 9.53 Å². The Bertz CT molecular complexity index is 238. The van der Waals surface area contributed by atoms with Crippen molar-refractivity contribution in [2.75, 3.05) is 13.7 Å². The quantitative estimate of drug-likeness (QED) is 0.695. The maximum atomic E-state index is 11.6. The molecule has 0 radical (unpaired) electrons. The van der Waals surface area contributed by atoms with Crippen LogP contribution in [0, 0.1) is 0 Å². The van der Waals surface area contributed by atoms with E-state index >= 15 is 0 Å². The Hall–Kier alpha value is -0.610. The monoisotopic (exact) mass is 242 g/mol. The second kappa shape index (κ2) is 6.97. The van der Waals surface area contributed by atoms with Crippen LogP contribution >= 0.6 is 0 Å². The maximum absolute atomic E-state index is 11.6. The van der Waals surface area contributed by atoms with E-state index in [1.807, 2.05) is 6.92 Å². The number of amides is 1. The molecular formula is C13H26N2O2. The zero-order chi connectivity index (χ0) is 12.7. The molecule has 1 aliphatic rings. The summed E-state index contributed by atoms with van der Waals surface area (Å²) in [6, 6.07) is 0.423. The maximum Gasteiger partial charge on any atom is 0.237 e. The molecule has 3 N–H and O–H groups in total. The molecule has 0 aliphatic heterocycles. The fraction of sp³-hybridized carbons (Fsp3) is 0.923. The molecule has 0 saturated heterocycles. The Balaban J connectivity index is 2.54. The van der Waals surface area contributed by atoms with Gasteiger partial charge < -0.3 is 15.8 Å². The molecule has 0 aromatic rings. The lowest BCUT2D eigenvalue weighted by Gasteiger charge is -2.32. The van der Waals surface area contributed by atoms with E-state index in [9.17, 15) is 4.79 Å². The molecule has 1 amide bonds. The van der Waals surface area contributed by atoms with E-state index in [0.717, 1.165) is 12.8 Å². The second-order valence-corrected chi connectivity index (χ2v) is 5.27. The number of hydrogen-bond acceptors (Lipinski definition) is 3. The molecular weight excluding hydrogens is 216 g/mol. The molecule has 1 atom stereocenters. The summed E-state index contributed by atoms with van der Waals surface area (Å²) in [4.78, 5) is 11.6. The number of hydrogen-bond donors (Lipinski definition) is 2. The highest BCUT2D eigenvalue weighted by atomic mass is 16.5. The SMILES string of the molecule is COCCC(C)(NC1CCCCCC1)C(N)=O. The van der Waals surface area contributed by atoms with Gasteiger partial charge in [-0.15, -0.1) is 0 Å². The number of rotatable bonds is 6. The molecule has 1 fully saturated rings. The average molecular weight is 242 g/mol. The van der Waals surface area contributed by atoms with Gasteiger partial charge in [-0.1, -0.05) is 25.7 Å². The minimum absolute atomic E-state index is 0.279. The predicted octanol–water partition coefficient (Wildman–Crippen LogP) is 1.58. The third kappa shape index (κ3) is 4.64. The highest BCUT2D eigenvalue weighted by Gasteiger charge is 2.32. The van der Waals surface area contributed by atoms with Crippen LogP contribution in [-0.2, 0) is 9.53 Å². The van der Waals surface area contributed by atoms with E-state index < -0.39 is 5.54 Å². The van der Waals surface area contributed by atoms with E-state index in [-0.39, 0.29) is 5.91 Å². The van der Waals surface area contributed by atoms with Crippen LogP contribution in [0.5, 0.6) is 0 Å². The Labute approximate surface area is 104 Å². The first-order chi connectivity index (χ1) is 8.08. The lowest BCUT2D eigenvalue weighted by Crippen LogP contribution is -2.57. The third-order valence-electron chi connectivity index (χ3n) is 3.73. The Morgan fingerprint density at radius 2 is 1.94 bits per heavy atom.